The third kappa shape index (κ3) is 5.40. The summed E-state index contributed by atoms with van der Waals surface area (Å²) in [6, 6.07) is 11.2. The van der Waals surface area contributed by atoms with Crippen molar-refractivity contribution in [2.45, 2.75) is 19.3 Å². The van der Waals surface area contributed by atoms with Gasteiger partial charge in [0.05, 0.1) is 0 Å². The van der Waals surface area contributed by atoms with Gasteiger partial charge in [0, 0.05) is 50.8 Å². The molecule has 1 aliphatic heterocycles. The average Bonchev–Trinajstić information content (AvgIpc) is 3.19. The highest BCUT2D eigenvalue weighted by atomic mass is 16.5. The van der Waals surface area contributed by atoms with Crippen molar-refractivity contribution in [1.29, 1.82) is 0 Å². The minimum atomic E-state index is -0.282. The van der Waals surface area contributed by atoms with Crippen LogP contribution in [0, 0.1) is 0 Å². The summed E-state index contributed by atoms with van der Waals surface area (Å²) in [6.45, 7) is 3.99. The zero-order valence-electron chi connectivity index (χ0n) is 15.7. The van der Waals surface area contributed by atoms with Crippen molar-refractivity contribution in [3.8, 4) is 11.3 Å². The second kappa shape index (κ2) is 9.32. The van der Waals surface area contributed by atoms with E-state index in [4.69, 9.17) is 4.52 Å². The zero-order chi connectivity index (χ0) is 19.1. The van der Waals surface area contributed by atoms with E-state index in [0.29, 0.717) is 18.7 Å². The molecule has 0 atom stereocenters. The first-order chi connectivity index (χ1) is 13.1. The largest absolute Gasteiger partial charge is 0.350 e. The first-order valence-electron chi connectivity index (χ1n) is 9.40. The Morgan fingerprint density at radius 1 is 1.11 bits per heavy atom. The number of aromatic nitrogens is 1. The van der Waals surface area contributed by atoms with Gasteiger partial charge in [-0.2, -0.15) is 0 Å². The van der Waals surface area contributed by atoms with Gasteiger partial charge in [0.15, 0.2) is 0 Å². The quantitative estimate of drug-likeness (QED) is 0.755. The predicted molar refractivity (Wildman–Crippen MR) is 102 cm³/mol. The van der Waals surface area contributed by atoms with Crippen LogP contribution in [0.5, 0.6) is 0 Å². The van der Waals surface area contributed by atoms with Gasteiger partial charge in [0.25, 0.3) is 5.91 Å². The molecular formula is C20H26N4O3. The van der Waals surface area contributed by atoms with Crippen LogP contribution in [0.25, 0.3) is 11.3 Å². The van der Waals surface area contributed by atoms with Crippen LogP contribution in [-0.2, 0) is 4.79 Å². The van der Waals surface area contributed by atoms with Gasteiger partial charge in [-0.25, -0.2) is 0 Å². The molecule has 1 N–H and O–H groups in total. The number of carbonyl (C=O) groups is 2. The molecule has 2 aromatic rings. The normalized spacial score (nSPS) is 14.9. The number of likely N-dealkylation sites (N-methyl/N-ethyl adjacent to an activating group) is 1. The fourth-order valence-electron chi connectivity index (χ4n) is 3.03. The monoisotopic (exact) mass is 370 g/mol. The van der Waals surface area contributed by atoms with Crippen molar-refractivity contribution in [2.24, 2.45) is 0 Å². The number of rotatable bonds is 7. The first-order valence-corrected chi connectivity index (χ1v) is 9.40. The minimum absolute atomic E-state index is 0.197. The van der Waals surface area contributed by atoms with Gasteiger partial charge in [-0.3, -0.25) is 9.59 Å². The standard InChI is InChI=1S/C20H26N4O3/c1-23-11-13-24(14-12-23)19(25)9-5-6-10-21-20(26)18-15-17(22-27-18)16-7-3-2-4-8-16/h2-4,7-8,15H,5-6,9-14H2,1H3,(H,21,26). The molecular weight excluding hydrogens is 344 g/mol. The summed E-state index contributed by atoms with van der Waals surface area (Å²) < 4.78 is 5.14. The summed E-state index contributed by atoms with van der Waals surface area (Å²) >= 11 is 0. The van der Waals surface area contributed by atoms with Crippen LogP contribution in [0.1, 0.15) is 29.8 Å². The number of piperazine rings is 1. The van der Waals surface area contributed by atoms with Gasteiger partial charge in [-0.15, -0.1) is 0 Å². The van der Waals surface area contributed by atoms with E-state index in [2.05, 4.69) is 22.4 Å². The smallest absolute Gasteiger partial charge is 0.289 e. The van der Waals surface area contributed by atoms with Crippen molar-refractivity contribution in [3.63, 3.8) is 0 Å². The summed E-state index contributed by atoms with van der Waals surface area (Å²) in [5, 5.41) is 6.76. The Kier molecular flexibility index (Phi) is 6.59. The van der Waals surface area contributed by atoms with Crippen LogP contribution in [0.15, 0.2) is 40.9 Å². The van der Waals surface area contributed by atoms with Gasteiger partial charge in [-0.05, 0) is 19.9 Å². The SMILES string of the molecule is CN1CCN(C(=O)CCCCNC(=O)c2cc(-c3ccccc3)no2)CC1. The van der Waals surface area contributed by atoms with Crippen LogP contribution in [0.4, 0.5) is 0 Å². The molecule has 1 aliphatic rings. The molecule has 1 fully saturated rings. The predicted octanol–water partition coefficient (Wildman–Crippen LogP) is 2.02. The summed E-state index contributed by atoms with van der Waals surface area (Å²) in [6.07, 6.45) is 2.04. The Morgan fingerprint density at radius 2 is 1.85 bits per heavy atom. The Bertz CT molecular complexity index is 752. The summed E-state index contributed by atoms with van der Waals surface area (Å²) in [7, 11) is 2.07. The number of hydrogen-bond donors (Lipinski definition) is 1. The molecule has 1 aromatic heterocycles. The van der Waals surface area contributed by atoms with Crippen LogP contribution < -0.4 is 5.32 Å². The van der Waals surface area contributed by atoms with Crippen LogP contribution in [0.3, 0.4) is 0 Å². The number of unbranched alkanes of at least 4 members (excludes halogenated alkanes) is 1. The van der Waals surface area contributed by atoms with Gasteiger partial charge < -0.3 is 19.6 Å². The maximum absolute atomic E-state index is 12.2. The van der Waals surface area contributed by atoms with Gasteiger partial charge in [0.2, 0.25) is 11.7 Å². The molecule has 0 bridgehead atoms. The van der Waals surface area contributed by atoms with Crippen molar-refractivity contribution in [2.75, 3.05) is 39.8 Å². The summed E-state index contributed by atoms with van der Waals surface area (Å²) in [5.74, 6) is 0.120. The molecule has 2 amide bonds. The van der Waals surface area contributed by atoms with E-state index in [1.165, 1.54) is 0 Å². The number of amides is 2. The van der Waals surface area contributed by atoms with E-state index < -0.39 is 0 Å². The first kappa shape index (κ1) is 19.1. The molecule has 1 aromatic carbocycles. The third-order valence-electron chi connectivity index (χ3n) is 4.76. The van der Waals surface area contributed by atoms with Crippen molar-refractivity contribution in [1.82, 2.24) is 20.3 Å². The molecule has 144 valence electrons. The second-order valence-electron chi connectivity index (χ2n) is 6.84. The Morgan fingerprint density at radius 3 is 2.59 bits per heavy atom. The lowest BCUT2D eigenvalue weighted by Gasteiger charge is -2.32. The molecule has 0 radical (unpaired) electrons. The van der Waals surface area contributed by atoms with Gasteiger partial charge in [0.1, 0.15) is 5.69 Å². The molecule has 0 spiro atoms. The second-order valence-corrected chi connectivity index (χ2v) is 6.84. The Labute approximate surface area is 159 Å². The molecule has 3 rings (SSSR count). The summed E-state index contributed by atoms with van der Waals surface area (Å²) in [5.41, 5.74) is 1.54. The maximum atomic E-state index is 12.2. The van der Waals surface area contributed by atoms with E-state index >= 15 is 0 Å². The van der Waals surface area contributed by atoms with Crippen LogP contribution in [-0.4, -0.2) is 66.5 Å². The average molecular weight is 370 g/mol. The Hall–Kier alpha value is -2.67. The molecule has 1 saturated heterocycles. The van der Waals surface area contributed by atoms with Crippen LogP contribution >= 0.6 is 0 Å². The topological polar surface area (TPSA) is 78.7 Å². The van der Waals surface area contributed by atoms with Crippen molar-refractivity contribution >= 4 is 11.8 Å². The highest BCUT2D eigenvalue weighted by molar-refractivity contribution is 5.92. The maximum Gasteiger partial charge on any atom is 0.289 e. The number of carbonyl (C=O) groups excluding carboxylic acids is 2. The van der Waals surface area contributed by atoms with Crippen molar-refractivity contribution < 1.29 is 14.1 Å². The fraction of sp³-hybridized carbons (Fsp3) is 0.450. The fourth-order valence-corrected chi connectivity index (χ4v) is 3.03. The molecule has 27 heavy (non-hydrogen) atoms. The third-order valence-corrected chi connectivity index (χ3v) is 4.76. The van der Waals surface area contributed by atoms with E-state index in [0.717, 1.165) is 44.6 Å². The number of benzene rings is 1. The number of nitrogens with one attached hydrogen (secondary N) is 1. The lowest BCUT2D eigenvalue weighted by molar-refractivity contribution is -0.132. The van der Waals surface area contributed by atoms with E-state index in [-0.39, 0.29) is 17.6 Å². The molecule has 0 aliphatic carbocycles. The minimum Gasteiger partial charge on any atom is -0.350 e. The van der Waals surface area contributed by atoms with E-state index in [9.17, 15) is 9.59 Å². The lowest BCUT2D eigenvalue weighted by Crippen LogP contribution is -2.47. The van der Waals surface area contributed by atoms with Gasteiger partial charge >= 0.3 is 0 Å². The zero-order valence-corrected chi connectivity index (χ0v) is 15.7. The highest BCUT2D eigenvalue weighted by Crippen LogP contribution is 2.18. The number of hydrogen-bond acceptors (Lipinski definition) is 5. The van der Waals surface area contributed by atoms with E-state index in [1.54, 1.807) is 6.07 Å². The molecule has 0 saturated carbocycles. The van der Waals surface area contributed by atoms with E-state index in [1.807, 2.05) is 35.2 Å². The summed E-state index contributed by atoms with van der Waals surface area (Å²) in [4.78, 5) is 28.5. The van der Waals surface area contributed by atoms with Gasteiger partial charge in [-0.1, -0.05) is 35.5 Å². The Balaban J connectivity index is 1.35. The highest BCUT2D eigenvalue weighted by Gasteiger charge is 2.18. The molecule has 0 unspecified atom stereocenters. The number of nitrogens with zero attached hydrogens (tertiary/aromatic N) is 3. The molecule has 2 heterocycles. The molecule has 7 heteroatoms. The lowest BCUT2D eigenvalue weighted by atomic mass is 10.1. The van der Waals surface area contributed by atoms with Crippen molar-refractivity contribution in [3.05, 3.63) is 42.2 Å². The molecule has 7 nitrogen and oxygen atoms in total. The van der Waals surface area contributed by atoms with Crippen LogP contribution in [0.2, 0.25) is 0 Å².